The number of imide groups is 1. The monoisotopic (exact) mass is 341 g/mol. The van der Waals surface area contributed by atoms with E-state index < -0.39 is 30.1 Å². The molecule has 0 spiro atoms. The molecule has 23 heavy (non-hydrogen) atoms. The minimum absolute atomic E-state index is 0. The van der Waals surface area contributed by atoms with Crippen molar-refractivity contribution in [1.29, 1.82) is 0 Å². The van der Waals surface area contributed by atoms with Gasteiger partial charge in [0.1, 0.15) is 0 Å². The molecule has 1 N–H and O–H groups in total. The summed E-state index contributed by atoms with van der Waals surface area (Å²) in [5.74, 6) is -3.24. The van der Waals surface area contributed by atoms with Crippen molar-refractivity contribution in [2.24, 2.45) is 5.10 Å². The van der Waals surface area contributed by atoms with Gasteiger partial charge in [-0.3, -0.25) is 19.3 Å². The Morgan fingerprint density at radius 3 is 2.17 bits per heavy atom. The van der Waals surface area contributed by atoms with Crippen molar-refractivity contribution in [1.82, 2.24) is 10.3 Å². The normalized spacial score (nSPS) is 13.4. The number of hydrazone groups is 1. The third kappa shape index (κ3) is 4.79. The Hall–Kier alpha value is -1.39. The van der Waals surface area contributed by atoms with Gasteiger partial charge < -0.3 is 9.90 Å². The summed E-state index contributed by atoms with van der Waals surface area (Å²) in [6.45, 7) is 1.40. The van der Waals surface area contributed by atoms with Crippen molar-refractivity contribution in [2.45, 2.75) is 13.3 Å². The van der Waals surface area contributed by atoms with Gasteiger partial charge >= 0.3 is 51.4 Å². The van der Waals surface area contributed by atoms with Crippen LogP contribution in [0.3, 0.4) is 0 Å². The fourth-order valence-electron chi connectivity index (χ4n) is 1.98. The smallest absolute Gasteiger partial charge is 0.550 e. The molecule has 1 aliphatic heterocycles. The maximum atomic E-state index is 12.1. The number of fused-ring (bicyclic) bond motifs is 1. The van der Waals surface area contributed by atoms with E-state index in [1.54, 1.807) is 24.3 Å². The van der Waals surface area contributed by atoms with Crippen LogP contribution in [-0.4, -0.2) is 40.8 Å². The molecule has 0 unspecified atom stereocenters. The molecule has 0 aromatic heterocycles. The molecule has 1 aromatic rings. The molecule has 1 heterocycles. The van der Waals surface area contributed by atoms with Crippen LogP contribution < -0.4 is 61.9 Å². The molecule has 8 nitrogen and oxygen atoms in total. The number of benzene rings is 1. The summed E-state index contributed by atoms with van der Waals surface area (Å²) in [4.78, 5) is 46.6. The van der Waals surface area contributed by atoms with E-state index in [9.17, 15) is 24.3 Å². The molecule has 1 aromatic carbocycles. The van der Waals surface area contributed by atoms with Crippen LogP contribution in [-0.2, 0) is 9.59 Å². The van der Waals surface area contributed by atoms with Crippen molar-refractivity contribution in [3.8, 4) is 0 Å². The standard InChI is InChI=1S/C14H13N3O5.K/c1-8(15-16-11(18)6-12(19)20)7-17-13(21)9-4-2-3-5-10(9)14(17)22;/h2-5H,6-7H2,1H3,(H,16,18)(H,19,20);/q;+1/p-1/b15-8+;. The van der Waals surface area contributed by atoms with Crippen LogP contribution in [0.5, 0.6) is 0 Å². The first kappa shape index (κ1) is 19.7. The Balaban J connectivity index is 0.00000264. The minimum atomic E-state index is -1.52. The van der Waals surface area contributed by atoms with Gasteiger partial charge in [0.15, 0.2) is 0 Å². The Labute approximate surface area is 174 Å². The predicted molar refractivity (Wildman–Crippen MR) is 72.7 cm³/mol. The number of hydrogen-bond donors (Lipinski definition) is 1. The molecule has 114 valence electrons. The second kappa shape index (κ2) is 8.46. The van der Waals surface area contributed by atoms with Gasteiger partial charge in [-0.1, -0.05) is 12.1 Å². The van der Waals surface area contributed by atoms with Crippen LogP contribution in [0.25, 0.3) is 0 Å². The van der Waals surface area contributed by atoms with Gasteiger partial charge in [0.25, 0.3) is 11.8 Å². The van der Waals surface area contributed by atoms with Gasteiger partial charge in [-0.05, 0) is 19.1 Å². The number of hydrogen-bond acceptors (Lipinski definition) is 6. The van der Waals surface area contributed by atoms with E-state index in [0.29, 0.717) is 11.1 Å². The first-order valence-corrected chi connectivity index (χ1v) is 6.37. The SMILES string of the molecule is C/C(CN1C(=O)c2ccccc2C1=O)=N\NC(=O)CC(=O)[O-].[K+]. The van der Waals surface area contributed by atoms with Gasteiger partial charge in [-0.15, -0.1) is 0 Å². The van der Waals surface area contributed by atoms with Crippen LogP contribution in [0.2, 0.25) is 0 Å². The molecular formula is C14H12KN3O5. The predicted octanol–water partition coefficient (Wildman–Crippen LogP) is -4.08. The van der Waals surface area contributed by atoms with Gasteiger partial charge in [0.2, 0.25) is 5.91 Å². The zero-order valence-electron chi connectivity index (χ0n) is 12.7. The van der Waals surface area contributed by atoms with E-state index in [4.69, 9.17) is 0 Å². The number of carbonyl (C=O) groups excluding carboxylic acids is 4. The topological polar surface area (TPSA) is 119 Å². The van der Waals surface area contributed by atoms with Crippen LogP contribution >= 0.6 is 0 Å². The number of aliphatic carboxylic acids is 1. The third-order valence-corrected chi connectivity index (χ3v) is 2.94. The molecule has 3 amide bonds. The van der Waals surface area contributed by atoms with E-state index in [1.165, 1.54) is 6.92 Å². The quantitative estimate of drug-likeness (QED) is 0.192. The number of amides is 3. The summed E-state index contributed by atoms with van der Waals surface area (Å²) in [5.41, 5.74) is 2.94. The van der Waals surface area contributed by atoms with Crippen molar-refractivity contribution in [3.05, 3.63) is 35.4 Å². The third-order valence-electron chi connectivity index (χ3n) is 2.94. The van der Waals surface area contributed by atoms with Crippen molar-refractivity contribution in [2.75, 3.05) is 6.54 Å². The summed E-state index contributed by atoms with van der Waals surface area (Å²) in [6.07, 6.45) is -0.816. The molecule has 2 rings (SSSR count). The summed E-state index contributed by atoms with van der Waals surface area (Å²) in [6, 6.07) is 6.44. The maximum Gasteiger partial charge on any atom is 1.00 e. The maximum absolute atomic E-state index is 12.1. The molecule has 0 saturated heterocycles. The van der Waals surface area contributed by atoms with E-state index in [2.05, 4.69) is 5.10 Å². The van der Waals surface area contributed by atoms with Gasteiger partial charge in [-0.2, -0.15) is 5.10 Å². The van der Waals surface area contributed by atoms with Crippen LogP contribution in [0, 0.1) is 0 Å². The Morgan fingerprint density at radius 1 is 1.17 bits per heavy atom. The number of rotatable bonds is 5. The minimum Gasteiger partial charge on any atom is -0.550 e. The molecule has 1 aliphatic rings. The molecule has 0 saturated carbocycles. The molecule has 9 heteroatoms. The second-order valence-corrected chi connectivity index (χ2v) is 4.67. The summed E-state index contributed by atoms with van der Waals surface area (Å²) in [5, 5.41) is 13.9. The Kier molecular flexibility index (Phi) is 7.23. The van der Waals surface area contributed by atoms with E-state index >= 15 is 0 Å². The molecule has 0 atom stereocenters. The first-order valence-electron chi connectivity index (χ1n) is 6.37. The second-order valence-electron chi connectivity index (χ2n) is 4.67. The fraction of sp³-hybridized carbons (Fsp3) is 0.214. The summed E-state index contributed by atoms with van der Waals surface area (Å²) >= 11 is 0. The Bertz CT molecular complexity index is 666. The largest absolute Gasteiger partial charge is 1.00 e. The summed E-state index contributed by atoms with van der Waals surface area (Å²) < 4.78 is 0. The van der Waals surface area contributed by atoms with Crippen molar-refractivity contribution >= 4 is 29.4 Å². The van der Waals surface area contributed by atoms with Crippen LogP contribution in [0.4, 0.5) is 0 Å². The van der Waals surface area contributed by atoms with Gasteiger partial charge in [0, 0.05) is 0 Å². The van der Waals surface area contributed by atoms with E-state index in [1.807, 2.05) is 5.43 Å². The zero-order valence-corrected chi connectivity index (χ0v) is 15.8. The van der Waals surface area contributed by atoms with Gasteiger partial charge in [-0.25, -0.2) is 5.43 Å². The number of carboxylic acid groups (broad SMARTS) is 1. The zero-order chi connectivity index (χ0) is 16.3. The Morgan fingerprint density at radius 2 is 1.70 bits per heavy atom. The first-order chi connectivity index (χ1) is 10.4. The molecular weight excluding hydrogens is 329 g/mol. The van der Waals surface area contributed by atoms with E-state index in [0.717, 1.165) is 4.90 Å². The fourth-order valence-corrected chi connectivity index (χ4v) is 1.98. The van der Waals surface area contributed by atoms with Crippen molar-refractivity contribution < 1.29 is 75.7 Å². The number of nitrogens with zero attached hydrogens (tertiary/aromatic N) is 2. The van der Waals surface area contributed by atoms with E-state index in [-0.39, 0.29) is 63.6 Å². The molecule has 0 fully saturated rings. The number of nitrogens with one attached hydrogen (secondary N) is 1. The van der Waals surface area contributed by atoms with Crippen LogP contribution in [0.15, 0.2) is 29.4 Å². The average Bonchev–Trinajstić information content (AvgIpc) is 2.70. The van der Waals surface area contributed by atoms with Crippen LogP contribution in [0.1, 0.15) is 34.1 Å². The molecule has 0 aliphatic carbocycles. The number of carbonyl (C=O) groups is 4. The molecule has 0 radical (unpaired) electrons. The van der Waals surface area contributed by atoms with Crippen molar-refractivity contribution in [3.63, 3.8) is 0 Å². The van der Waals surface area contributed by atoms with Gasteiger partial charge in [0.05, 0.1) is 35.8 Å². The number of carboxylic acids is 1. The molecule has 0 bridgehead atoms. The summed E-state index contributed by atoms with van der Waals surface area (Å²) in [7, 11) is 0. The average molecular weight is 341 g/mol.